The first-order valence-corrected chi connectivity index (χ1v) is 23.7. The summed E-state index contributed by atoms with van der Waals surface area (Å²) in [6, 6.07) is 21.7. The number of anilines is 2. The second kappa shape index (κ2) is 18.8. The van der Waals surface area contributed by atoms with Crippen molar-refractivity contribution in [3.8, 4) is 11.5 Å². The maximum absolute atomic E-state index is 14.0. The van der Waals surface area contributed by atoms with Gasteiger partial charge in [-0.2, -0.15) is 13.2 Å². The van der Waals surface area contributed by atoms with Gasteiger partial charge in [0.1, 0.15) is 17.2 Å². The van der Waals surface area contributed by atoms with Crippen LogP contribution in [0, 0.1) is 15.5 Å². The number of alkyl halides is 3. The van der Waals surface area contributed by atoms with Gasteiger partial charge >= 0.3 is 6.18 Å². The van der Waals surface area contributed by atoms with Crippen LogP contribution >= 0.6 is 11.6 Å². The van der Waals surface area contributed by atoms with Crippen molar-refractivity contribution in [2.24, 2.45) is 5.41 Å². The molecule has 4 aliphatic rings. The van der Waals surface area contributed by atoms with Crippen LogP contribution in [0.3, 0.4) is 0 Å². The minimum Gasteiger partial charge on any atom is -0.456 e. The van der Waals surface area contributed by atoms with Gasteiger partial charge < -0.3 is 15.0 Å². The number of nitrogens with one attached hydrogen (secondary N) is 2. The van der Waals surface area contributed by atoms with Crippen LogP contribution in [0.5, 0.6) is 11.5 Å². The van der Waals surface area contributed by atoms with E-state index in [-0.39, 0.29) is 41.5 Å². The zero-order chi connectivity index (χ0) is 46.1. The van der Waals surface area contributed by atoms with E-state index in [2.05, 4.69) is 45.8 Å². The lowest BCUT2D eigenvalue weighted by Gasteiger charge is -2.39. The molecule has 17 heteroatoms. The number of nitro benzene ring substituents is 1. The number of hydrogen-bond donors (Lipinski definition) is 2. The highest BCUT2D eigenvalue weighted by Crippen LogP contribution is 2.44. The predicted molar refractivity (Wildman–Crippen MR) is 247 cm³/mol. The van der Waals surface area contributed by atoms with E-state index >= 15 is 0 Å². The van der Waals surface area contributed by atoms with E-state index in [1.165, 1.54) is 33.7 Å². The molecule has 2 aliphatic heterocycles. The molecule has 0 spiro atoms. The van der Waals surface area contributed by atoms with Crippen LogP contribution in [0.1, 0.15) is 73.0 Å². The van der Waals surface area contributed by atoms with Gasteiger partial charge in [0.2, 0.25) is 0 Å². The minimum atomic E-state index is -4.65. The fourth-order valence-corrected chi connectivity index (χ4v) is 10.4. The van der Waals surface area contributed by atoms with E-state index in [0.717, 1.165) is 74.3 Å². The maximum atomic E-state index is 14.0. The molecule has 8 rings (SSSR count). The fourth-order valence-electron chi connectivity index (χ4n) is 9.24. The smallest absolute Gasteiger partial charge is 0.401 e. The van der Waals surface area contributed by atoms with Crippen LogP contribution in [0.2, 0.25) is 5.02 Å². The number of carbonyl (C=O) groups is 1. The van der Waals surface area contributed by atoms with Crippen LogP contribution in [0.25, 0.3) is 11.6 Å². The number of piperidine rings is 1. The number of hydrogen-bond acceptors (Lipinski definition) is 10. The molecule has 2 N–H and O–H groups in total. The number of likely N-dealkylation sites (tertiary alicyclic amines) is 1. The van der Waals surface area contributed by atoms with Gasteiger partial charge in [-0.25, -0.2) is 13.1 Å². The number of nitro groups is 1. The molecule has 1 amide bonds. The summed E-state index contributed by atoms with van der Waals surface area (Å²) in [5.41, 5.74) is 6.38. The largest absolute Gasteiger partial charge is 0.456 e. The lowest BCUT2D eigenvalue weighted by molar-refractivity contribution is -0.384. The summed E-state index contributed by atoms with van der Waals surface area (Å²) in [7, 11) is -4.65. The Morgan fingerprint density at radius 2 is 1.68 bits per heavy atom. The molecular weight excluding hydrogens is 881 g/mol. The SMILES string of the molecule is CC1(C)CCC(CN2CCN(c3ccc(C(=O)NS(=O)(=O)c4ccc(NC5CCN(CC(F)(F)F)CC5)c([N+](=O)[O-])c4)c(Oc4cccc5c4C=CC5)c3)CC2)=C(c2ccc(Cl)cc2)C1. The average molecular weight is 933 g/mol. The molecule has 0 saturated carbocycles. The molecule has 0 aromatic heterocycles. The first-order chi connectivity index (χ1) is 30.9. The molecule has 4 aromatic rings. The Bertz CT molecular complexity index is 2620. The van der Waals surface area contributed by atoms with E-state index in [1.807, 2.05) is 36.4 Å². The Hall–Kier alpha value is -5.42. The summed E-state index contributed by atoms with van der Waals surface area (Å²) in [6.07, 6.45) is 4.09. The van der Waals surface area contributed by atoms with E-state index in [4.69, 9.17) is 16.3 Å². The van der Waals surface area contributed by atoms with Crippen molar-refractivity contribution in [1.82, 2.24) is 14.5 Å². The summed E-state index contributed by atoms with van der Waals surface area (Å²) in [6.45, 7) is 7.77. The van der Waals surface area contributed by atoms with Gasteiger partial charge in [0.05, 0.1) is 21.9 Å². The molecule has 2 saturated heterocycles. The highest BCUT2D eigenvalue weighted by atomic mass is 35.5. The average Bonchev–Trinajstić information content (AvgIpc) is 3.75. The van der Waals surface area contributed by atoms with Gasteiger partial charge in [0.25, 0.3) is 21.6 Å². The number of nitrogens with zero attached hydrogens (tertiary/aromatic N) is 4. The second-order valence-corrected chi connectivity index (χ2v) is 20.2. The zero-order valence-corrected chi connectivity index (χ0v) is 37.9. The fraction of sp³-hybridized carbons (Fsp3) is 0.396. The molecule has 2 heterocycles. The third-order valence-corrected chi connectivity index (χ3v) is 14.4. The van der Waals surface area contributed by atoms with Gasteiger partial charge in [-0.05, 0) is 103 Å². The van der Waals surface area contributed by atoms with E-state index in [0.29, 0.717) is 36.7 Å². The summed E-state index contributed by atoms with van der Waals surface area (Å²) in [4.78, 5) is 30.9. The van der Waals surface area contributed by atoms with Crippen molar-refractivity contribution in [1.29, 1.82) is 0 Å². The van der Waals surface area contributed by atoms with Gasteiger partial charge in [-0.3, -0.25) is 24.7 Å². The van der Waals surface area contributed by atoms with Gasteiger partial charge in [0, 0.05) is 80.3 Å². The monoisotopic (exact) mass is 932 g/mol. The molecule has 0 unspecified atom stereocenters. The summed E-state index contributed by atoms with van der Waals surface area (Å²) >= 11 is 6.24. The first-order valence-electron chi connectivity index (χ1n) is 21.9. The quantitative estimate of drug-likeness (QED) is 0.0985. The lowest BCUT2D eigenvalue weighted by atomic mass is 9.72. The molecule has 4 aromatic carbocycles. The van der Waals surface area contributed by atoms with E-state index < -0.39 is 44.2 Å². The zero-order valence-electron chi connectivity index (χ0n) is 36.3. The molecule has 12 nitrogen and oxygen atoms in total. The van der Waals surface area contributed by atoms with Crippen LogP contribution in [0.15, 0.2) is 95.4 Å². The number of fused-ring (bicyclic) bond motifs is 1. The number of amides is 1. The molecule has 65 heavy (non-hydrogen) atoms. The Kier molecular flexibility index (Phi) is 13.4. The number of rotatable bonds is 13. The first kappa shape index (κ1) is 46.1. The summed E-state index contributed by atoms with van der Waals surface area (Å²) in [5.74, 6) is -0.351. The molecule has 344 valence electrons. The second-order valence-electron chi connectivity index (χ2n) is 18.1. The molecule has 0 bridgehead atoms. The number of sulfonamides is 1. The molecule has 0 radical (unpaired) electrons. The van der Waals surface area contributed by atoms with Crippen molar-refractivity contribution >= 4 is 56.2 Å². The third kappa shape index (κ3) is 11.2. The topological polar surface area (TPSA) is 137 Å². The number of halogens is 4. The van der Waals surface area contributed by atoms with Crippen LogP contribution < -0.4 is 19.7 Å². The third-order valence-electron chi connectivity index (χ3n) is 12.8. The predicted octanol–water partition coefficient (Wildman–Crippen LogP) is 9.95. The summed E-state index contributed by atoms with van der Waals surface area (Å²) in [5, 5.41) is 15.9. The highest BCUT2D eigenvalue weighted by molar-refractivity contribution is 7.90. The van der Waals surface area contributed by atoms with Gasteiger partial charge in [-0.15, -0.1) is 0 Å². The van der Waals surface area contributed by atoms with E-state index in [1.54, 1.807) is 18.2 Å². The number of carbonyl (C=O) groups excluding carboxylic acids is 1. The van der Waals surface area contributed by atoms with Crippen LogP contribution in [-0.2, 0) is 16.4 Å². The normalized spacial score (nSPS) is 18.4. The van der Waals surface area contributed by atoms with E-state index in [9.17, 15) is 36.5 Å². The number of benzene rings is 4. The molecule has 0 atom stereocenters. The van der Waals surface area contributed by atoms with Crippen molar-refractivity contribution < 1.29 is 36.0 Å². The van der Waals surface area contributed by atoms with Crippen LogP contribution in [-0.4, -0.2) is 93.6 Å². The number of allylic oxidation sites excluding steroid dienone is 2. The van der Waals surface area contributed by atoms with Crippen LogP contribution in [0.4, 0.5) is 30.2 Å². The lowest BCUT2D eigenvalue weighted by Crippen LogP contribution is -2.47. The minimum absolute atomic E-state index is 0.0175. The number of piperazine rings is 1. The van der Waals surface area contributed by atoms with Crippen molar-refractivity contribution in [3.05, 3.63) is 128 Å². The van der Waals surface area contributed by atoms with Gasteiger partial charge in [-0.1, -0.05) is 67.4 Å². The standard InChI is InChI=1S/C48H52ClF3N6O6S/c1-47(2)20-17-34(41(29-47)33-9-11-35(49)12-10-33)30-55-23-25-57(26-24-55)37-13-15-40(45(27-37)64-44-8-4-6-32-5-3-7-39(32)44)46(59)54-65(62,63)38-14-16-42(43(28-38)58(60)61)53-36-18-21-56(22-19-36)31-48(50,51)52/h3-4,6-16,27-28,36,53H,5,17-26,29-31H2,1-2H3,(H,54,59). The molecule has 2 fully saturated rings. The number of ether oxygens (including phenoxy) is 1. The molecular formula is C48H52ClF3N6O6S. The Morgan fingerprint density at radius 3 is 2.38 bits per heavy atom. The summed E-state index contributed by atoms with van der Waals surface area (Å²) < 4.78 is 74.7. The molecule has 2 aliphatic carbocycles. The maximum Gasteiger partial charge on any atom is 0.401 e. The Morgan fingerprint density at radius 1 is 0.938 bits per heavy atom. The van der Waals surface area contributed by atoms with Crippen molar-refractivity contribution in [3.63, 3.8) is 0 Å². The Balaban J connectivity index is 0.990. The van der Waals surface area contributed by atoms with Crippen molar-refractivity contribution in [2.45, 2.75) is 69.5 Å². The van der Waals surface area contributed by atoms with Crippen molar-refractivity contribution in [2.75, 3.05) is 62.6 Å². The Labute approximate surface area is 382 Å². The van der Waals surface area contributed by atoms with Gasteiger partial charge in [0.15, 0.2) is 0 Å². The highest BCUT2D eigenvalue weighted by Gasteiger charge is 2.34.